The lowest BCUT2D eigenvalue weighted by Gasteiger charge is -2.04. The van der Waals surface area contributed by atoms with E-state index in [9.17, 15) is 22.8 Å². The van der Waals surface area contributed by atoms with Crippen LogP contribution in [0.1, 0.15) is 16.3 Å². The van der Waals surface area contributed by atoms with Gasteiger partial charge in [-0.05, 0) is 0 Å². The lowest BCUT2D eigenvalue weighted by Crippen LogP contribution is -2.32. The van der Waals surface area contributed by atoms with Gasteiger partial charge in [0.1, 0.15) is 5.69 Å². The van der Waals surface area contributed by atoms with Crippen LogP contribution in [0, 0.1) is 0 Å². The quantitative estimate of drug-likeness (QED) is 0.844. The SMILES string of the molecule is Cn1c(C(F)(F)F)nn(CCNC(=O)c2cnccn2)c1=O. The zero-order valence-electron chi connectivity index (χ0n) is 11.3. The molecule has 0 spiro atoms. The summed E-state index contributed by atoms with van der Waals surface area (Å²) in [4.78, 5) is 30.7. The molecule has 2 heterocycles. The molecule has 0 aliphatic heterocycles. The number of carbonyl (C=O) groups is 1. The van der Waals surface area contributed by atoms with Crippen molar-refractivity contribution < 1.29 is 18.0 Å². The fourth-order valence-corrected chi connectivity index (χ4v) is 1.66. The molecule has 0 fully saturated rings. The summed E-state index contributed by atoms with van der Waals surface area (Å²) in [7, 11) is 0.979. The Bertz CT molecular complexity index is 722. The second-order valence-electron chi connectivity index (χ2n) is 4.23. The Kier molecular flexibility index (Phi) is 4.24. The molecule has 2 rings (SSSR count). The summed E-state index contributed by atoms with van der Waals surface area (Å²) in [6.07, 6.45) is -0.761. The van der Waals surface area contributed by atoms with Gasteiger partial charge in [0.25, 0.3) is 5.91 Å². The summed E-state index contributed by atoms with van der Waals surface area (Å²) in [6, 6.07) is 0. The molecule has 118 valence electrons. The molecule has 0 radical (unpaired) electrons. The molecule has 0 aliphatic rings. The van der Waals surface area contributed by atoms with Crippen molar-refractivity contribution in [3.05, 3.63) is 40.6 Å². The number of hydrogen-bond acceptors (Lipinski definition) is 5. The molecule has 22 heavy (non-hydrogen) atoms. The van der Waals surface area contributed by atoms with E-state index in [1.807, 2.05) is 0 Å². The molecule has 0 saturated carbocycles. The highest BCUT2D eigenvalue weighted by atomic mass is 19.4. The molecule has 0 bridgehead atoms. The Hall–Kier alpha value is -2.72. The first-order valence-electron chi connectivity index (χ1n) is 6.06. The number of nitrogens with one attached hydrogen (secondary N) is 1. The number of halogens is 3. The Morgan fingerprint density at radius 3 is 2.64 bits per heavy atom. The monoisotopic (exact) mass is 316 g/mol. The molecule has 0 atom stereocenters. The van der Waals surface area contributed by atoms with Crippen molar-refractivity contribution >= 4 is 5.91 Å². The maximum absolute atomic E-state index is 12.6. The molecule has 0 aromatic carbocycles. The van der Waals surface area contributed by atoms with Crippen molar-refractivity contribution in [2.75, 3.05) is 6.54 Å². The fourth-order valence-electron chi connectivity index (χ4n) is 1.66. The van der Waals surface area contributed by atoms with Crippen LogP contribution in [0.3, 0.4) is 0 Å². The van der Waals surface area contributed by atoms with Crippen LogP contribution in [-0.2, 0) is 19.8 Å². The third-order valence-corrected chi connectivity index (χ3v) is 2.70. The average Bonchev–Trinajstić information content (AvgIpc) is 2.76. The van der Waals surface area contributed by atoms with Gasteiger partial charge in [0.2, 0.25) is 5.82 Å². The van der Waals surface area contributed by atoms with Crippen LogP contribution in [0.4, 0.5) is 13.2 Å². The van der Waals surface area contributed by atoms with E-state index < -0.39 is 23.6 Å². The third kappa shape index (κ3) is 3.30. The van der Waals surface area contributed by atoms with Crippen molar-refractivity contribution in [2.45, 2.75) is 12.7 Å². The van der Waals surface area contributed by atoms with Crippen molar-refractivity contribution in [2.24, 2.45) is 7.05 Å². The zero-order valence-corrected chi connectivity index (χ0v) is 11.3. The lowest BCUT2D eigenvalue weighted by molar-refractivity contribution is -0.147. The van der Waals surface area contributed by atoms with E-state index in [0.29, 0.717) is 9.25 Å². The maximum Gasteiger partial charge on any atom is 0.451 e. The third-order valence-electron chi connectivity index (χ3n) is 2.70. The van der Waals surface area contributed by atoms with E-state index in [0.717, 1.165) is 7.05 Å². The number of rotatable bonds is 4. The van der Waals surface area contributed by atoms with Crippen LogP contribution in [0.5, 0.6) is 0 Å². The first-order chi connectivity index (χ1) is 10.3. The first-order valence-corrected chi connectivity index (χ1v) is 6.06. The Morgan fingerprint density at radius 1 is 1.36 bits per heavy atom. The summed E-state index contributed by atoms with van der Waals surface area (Å²) < 4.78 is 38.8. The summed E-state index contributed by atoms with van der Waals surface area (Å²) in [5, 5.41) is 5.62. The van der Waals surface area contributed by atoms with Crippen molar-refractivity contribution in [3.8, 4) is 0 Å². The van der Waals surface area contributed by atoms with Gasteiger partial charge in [-0.25, -0.2) is 14.5 Å². The topological polar surface area (TPSA) is 94.7 Å². The molecule has 8 nitrogen and oxygen atoms in total. The standard InChI is InChI=1S/C11H11F3N6O2/c1-19-9(11(12,13)14)18-20(10(19)22)5-4-17-8(21)7-6-15-2-3-16-7/h2-3,6H,4-5H2,1H3,(H,17,21). The van der Waals surface area contributed by atoms with E-state index in [1.165, 1.54) is 18.6 Å². The number of alkyl halides is 3. The molecular formula is C11H11F3N6O2. The summed E-state index contributed by atoms with van der Waals surface area (Å²) in [5.41, 5.74) is -0.854. The van der Waals surface area contributed by atoms with E-state index in [1.54, 1.807) is 0 Å². The van der Waals surface area contributed by atoms with Crippen LogP contribution >= 0.6 is 0 Å². The van der Waals surface area contributed by atoms with Gasteiger partial charge in [0.15, 0.2) is 0 Å². The van der Waals surface area contributed by atoms with E-state index in [4.69, 9.17) is 0 Å². The van der Waals surface area contributed by atoms with Gasteiger partial charge in [-0.1, -0.05) is 0 Å². The largest absolute Gasteiger partial charge is 0.451 e. The molecule has 11 heteroatoms. The summed E-state index contributed by atoms with van der Waals surface area (Å²) in [5.74, 6) is -1.84. The van der Waals surface area contributed by atoms with E-state index in [2.05, 4.69) is 20.4 Å². The first kappa shape index (κ1) is 15.7. The van der Waals surface area contributed by atoms with Gasteiger partial charge < -0.3 is 5.32 Å². The second-order valence-corrected chi connectivity index (χ2v) is 4.23. The highest BCUT2D eigenvalue weighted by Crippen LogP contribution is 2.25. The molecule has 1 amide bonds. The van der Waals surface area contributed by atoms with Crippen LogP contribution < -0.4 is 11.0 Å². The average molecular weight is 316 g/mol. The highest BCUT2D eigenvalue weighted by molar-refractivity contribution is 5.91. The Morgan fingerprint density at radius 2 is 2.09 bits per heavy atom. The minimum absolute atomic E-state index is 0.0619. The number of amides is 1. The van der Waals surface area contributed by atoms with Gasteiger partial charge in [-0.3, -0.25) is 14.3 Å². The Balaban J connectivity index is 2.01. The van der Waals surface area contributed by atoms with Gasteiger partial charge in [-0.15, -0.1) is 5.10 Å². The molecular weight excluding hydrogens is 305 g/mol. The van der Waals surface area contributed by atoms with Crippen LogP contribution in [0.2, 0.25) is 0 Å². The maximum atomic E-state index is 12.6. The van der Waals surface area contributed by atoms with Crippen LogP contribution in [0.15, 0.2) is 23.4 Å². The molecule has 0 unspecified atom stereocenters. The van der Waals surface area contributed by atoms with Gasteiger partial charge >= 0.3 is 11.9 Å². The smallest absolute Gasteiger partial charge is 0.349 e. The number of hydrogen-bond donors (Lipinski definition) is 1. The van der Waals surface area contributed by atoms with E-state index in [-0.39, 0.29) is 18.8 Å². The summed E-state index contributed by atoms with van der Waals surface area (Å²) >= 11 is 0. The number of nitrogens with zero attached hydrogens (tertiary/aromatic N) is 5. The fraction of sp³-hybridized carbons (Fsp3) is 0.364. The zero-order chi connectivity index (χ0) is 16.3. The lowest BCUT2D eigenvalue weighted by atomic mass is 10.4. The van der Waals surface area contributed by atoms with E-state index >= 15 is 0 Å². The molecule has 2 aromatic rings. The van der Waals surface area contributed by atoms with Crippen LogP contribution in [0.25, 0.3) is 0 Å². The molecule has 2 aromatic heterocycles. The van der Waals surface area contributed by atoms with Crippen molar-refractivity contribution in [1.82, 2.24) is 29.6 Å². The number of aromatic nitrogens is 5. The molecule has 1 N–H and O–H groups in total. The minimum Gasteiger partial charge on any atom is -0.349 e. The number of carbonyl (C=O) groups excluding carboxylic acids is 1. The molecule has 0 saturated heterocycles. The molecule has 0 aliphatic carbocycles. The highest BCUT2D eigenvalue weighted by Gasteiger charge is 2.37. The van der Waals surface area contributed by atoms with Gasteiger partial charge in [0.05, 0.1) is 12.7 Å². The normalized spacial score (nSPS) is 11.5. The predicted octanol–water partition coefficient (Wildman–Crippen LogP) is -0.179. The van der Waals surface area contributed by atoms with Crippen molar-refractivity contribution in [1.29, 1.82) is 0 Å². The van der Waals surface area contributed by atoms with Crippen LogP contribution in [-0.4, -0.2) is 36.8 Å². The van der Waals surface area contributed by atoms with Gasteiger partial charge in [-0.2, -0.15) is 13.2 Å². The van der Waals surface area contributed by atoms with Gasteiger partial charge in [0, 0.05) is 26.0 Å². The Labute approximate surface area is 121 Å². The predicted molar refractivity (Wildman–Crippen MR) is 66.8 cm³/mol. The summed E-state index contributed by atoms with van der Waals surface area (Å²) in [6.45, 7) is -0.279. The van der Waals surface area contributed by atoms with Crippen molar-refractivity contribution in [3.63, 3.8) is 0 Å². The minimum atomic E-state index is -4.72. The second kappa shape index (κ2) is 5.95.